The second kappa shape index (κ2) is 5.82. The number of nitrogens with one attached hydrogen (secondary N) is 1. The maximum absolute atomic E-state index is 13.1. The average molecular weight is 276 g/mol. The molecule has 0 bridgehead atoms. The normalized spacial score (nSPS) is 18.4. The van der Waals surface area contributed by atoms with Gasteiger partial charge in [0.05, 0.1) is 6.04 Å². The third-order valence-electron chi connectivity index (χ3n) is 3.52. The summed E-state index contributed by atoms with van der Waals surface area (Å²) in [6.07, 6.45) is 0. The molecule has 1 N–H and O–H groups in total. The molecule has 1 aromatic carbocycles. The number of hydrogen-bond acceptors (Lipinski definition) is 3. The molecular weight excluding hydrogens is 259 g/mol. The van der Waals surface area contributed by atoms with E-state index < -0.39 is 0 Å². The van der Waals surface area contributed by atoms with Crippen molar-refractivity contribution in [2.75, 3.05) is 26.2 Å². The van der Waals surface area contributed by atoms with Crippen molar-refractivity contribution in [3.8, 4) is 0 Å². The van der Waals surface area contributed by atoms with E-state index in [-0.39, 0.29) is 11.9 Å². The molecule has 0 unspecified atom stereocenters. The minimum atomic E-state index is -0.172. The SMILES string of the molecule is Fc1ccc([C@@H](c2cccs2)N2CCNCC2)cc1. The van der Waals surface area contributed by atoms with Gasteiger partial charge in [0.2, 0.25) is 0 Å². The van der Waals surface area contributed by atoms with Crippen LogP contribution in [0.5, 0.6) is 0 Å². The molecule has 4 heteroatoms. The fourth-order valence-electron chi connectivity index (χ4n) is 2.59. The molecule has 2 aromatic rings. The van der Waals surface area contributed by atoms with Crippen LogP contribution in [0, 0.1) is 5.82 Å². The van der Waals surface area contributed by atoms with Gasteiger partial charge in [0, 0.05) is 31.1 Å². The Morgan fingerprint density at radius 1 is 1.11 bits per heavy atom. The average Bonchev–Trinajstić information content (AvgIpc) is 2.96. The van der Waals surface area contributed by atoms with Crippen molar-refractivity contribution in [2.45, 2.75) is 6.04 Å². The minimum Gasteiger partial charge on any atom is -0.314 e. The van der Waals surface area contributed by atoms with Gasteiger partial charge in [-0.25, -0.2) is 4.39 Å². The predicted molar refractivity (Wildman–Crippen MR) is 77.0 cm³/mol. The van der Waals surface area contributed by atoms with Gasteiger partial charge in [-0.1, -0.05) is 18.2 Å². The molecule has 0 aliphatic carbocycles. The van der Waals surface area contributed by atoms with Crippen molar-refractivity contribution in [3.63, 3.8) is 0 Å². The number of hydrogen-bond donors (Lipinski definition) is 1. The van der Waals surface area contributed by atoms with E-state index in [1.165, 1.54) is 10.4 Å². The van der Waals surface area contributed by atoms with E-state index in [2.05, 4.69) is 27.7 Å². The van der Waals surface area contributed by atoms with Gasteiger partial charge in [-0.3, -0.25) is 4.90 Å². The van der Waals surface area contributed by atoms with E-state index in [1.54, 1.807) is 23.5 Å². The molecule has 3 rings (SSSR count). The number of halogens is 1. The van der Waals surface area contributed by atoms with Gasteiger partial charge in [0.1, 0.15) is 5.82 Å². The van der Waals surface area contributed by atoms with Gasteiger partial charge >= 0.3 is 0 Å². The summed E-state index contributed by atoms with van der Waals surface area (Å²) >= 11 is 1.77. The van der Waals surface area contributed by atoms with Crippen LogP contribution >= 0.6 is 11.3 Å². The Morgan fingerprint density at radius 3 is 2.47 bits per heavy atom. The highest BCUT2D eigenvalue weighted by Gasteiger charge is 2.24. The van der Waals surface area contributed by atoms with E-state index >= 15 is 0 Å². The van der Waals surface area contributed by atoms with E-state index in [1.807, 2.05) is 12.1 Å². The lowest BCUT2D eigenvalue weighted by atomic mass is 10.0. The zero-order chi connectivity index (χ0) is 13.1. The van der Waals surface area contributed by atoms with Crippen LogP contribution in [0.25, 0.3) is 0 Å². The maximum atomic E-state index is 13.1. The lowest BCUT2D eigenvalue weighted by Gasteiger charge is -2.34. The largest absolute Gasteiger partial charge is 0.314 e. The maximum Gasteiger partial charge on any atom is 0.123 e. The number of thiophene rings is 1. The Balaban J connectivity index is 1.93. The van der Waals surface area contributed by atoms with Crippen LogP contribution < -0.4 is 5.32 Å². The van der Waals surface area contributed by atoms with Crippen molar-refractivity contribution in [2.24, 2.45) is 0 Å². The standard InChI is InChI=1S/C15H17FN2S/c16-13-5-3-12(4-6-13)15(14-2-1-11-19-14)18-9-7-17-8-10-18/h1-6,11,15,17H,7-10H2/t15-/m0/s1. The van der Waals surface area contributed by atoms with Crippen molar-refractivity contribution in [1.82, 2.24) is 10.2 Å². The third kappa shape index (κ3) is 2.86. The summed E-state index contributed by atoms with van der Waals surface area (Å²) in [6, 6.07) is 11.4. The first-order valence-corrected chi connectivity index (χ1v) is 7.46. The number of rotatable bonds is 3. The molecule has 1 fully saturated rings. The summed E-state index contributed by atoms with van der Waals surface area (Å²) in [5, 5.41) is 5.48. The van der Waals surface area contributed by atoms with Gasteiger partial charge in [-0.15, -0.1) is 11.3 Å². The van der Waals surface area contributed by atoms with E-state index in [4.69, 9.17) is 0 Å². The highest BCUT2D eigenvalue weighted by atomic mass is 32.1. The summed E-state index contributed by atoms with van der Waals surface area (Å²) < 4.78 is 13.1. The van der Waals surface area contributed by atoms with Crippen molar-refractivity contribution < 1.29 is 4.39 Å². The first-order valence-electron chi connectivity index (χ1n) is 6.58. The third-order valence-corrected chi connectivity index (χ3v) is 4.44. The first-order chi connectivity index (χ1) is 9.34. The second-order valence-corrected chi connectivity index (χ2v) is 5.73. The van der Waals surface area contributed by atoms with Crippen LogP contribution in [-0.4, -0.2) is 31.1 Å². The topological polar surface area (TPSA) is 15.3 Å². The van der Waals surface area contributed by atoms with Crippen molar-refractivity contribution in [1.29, 1.82) is 0 Å². The zero-order valence-electron chi connectivity index (χ0n) is 10.7. The molecule has 1 aromatic heterocycles. The van der Waals surface area contributed by atoms with Crippen LogP contribution in [0.2, 0.25) is 0 Å². The van der Waals surface area contributed by atoms with E-state index in [0.29, 0.717) is 0 Å². The van der Waals surface area contributed by atoms with Gasteiger partial charge in [0.25, 0.3) is 0 Å². The lowest BCUT2D eigenvalue weighted by molar-refractivity contribution is 0.200. The summed E-state index contributed by atoms with van der Waals surface area (Å²) in [5.74, 6) is -0.172. The molecule has 1 aliphatic heterocycles. The Morgan fingerprint density at radius 2 is 1.84 bits per heavy atom. The quantitative estimate of drug-likeness (QED) is 0.927. The Kier molecular flexibility index (Phi) is 3.92. The van der Waals surface area contributed by atoms with Crippen molar-refractivity contribution in [3.05, 3.63) is 58.0 Å². The highest BCUT2D eigenvalue weighted by Crippen LogP contribution is 2.31. The summed E-state index contributed by atoms with van der Waals surface area (Å²) in [4.78, 5) is 3.80. The number of benzene rings is 1. The first kappa shape index (κ1) is 12.8. The Bertz CT molecular complexity index is 503. The highest BCUT2D eigenvalue weighted by molar-refractivity contribution is 7.10. The fraction of sp³-hybridized carbons (Fsp3) is 0.333. The van der Waals surface area contributed by atoms with Gasteiger partial charge in [-0.2, -0.15) is 0 Å². The summed E-state index contributed by atoms with van der Waals surface area (Å²) in [5.41, 5.74) is 1.17. The molecule has 1 aliphatic rings. The molecule has 19 heavy (non-hydrogen) atoms. The minimum absolute atomic E-state index is 0.172. The summed E-state index contributed by atoms with van der Waals surface area (Å²) in [6.45, 7) is 4.09. The van der Waals surface area contributed by atoms with Crippen LogP contribution in [-0.2, 0) is 0 Å². The molecule has 100 valence electrons. The van der Waals surface area contributed by atoms with Crippen molar-refractivity contribution >= 4 is 11.3 Å². The fourth-order valence-corrected chi connectivity index (χ4v) is 3.47. The molecule has 0 spiro atoms. The lowest BCUT2D eigenvalue weighted by Crippen LogP contribution is -2.45. The Hall–Kier alpha value is -1.23. The van der Waals surface area contributed by atoms with E-state index in [9.17, 15) is 4.39 Å². The zero-order valence-corrected chi connectivity index (χ0v) is 11.5. The predicted octanol–water partition coefficient (Wildman–Crippen LogP) is 2.88. The van der Waals surface area contributed by atoms with Crippen LogP contribution in [0.15, 0.2) is 41.8 Å². The molecule has 1 saturated heterocycles. The van der Waals surface area contributed by atoms with Crippen LogP contribution in [0.3, 0.4) is 0 Å². The molecule has 2 heterocycles. The second-order valence-electron chi connectivity index (χ2n) is 4.76. The smallest absolute Gasteiger partial charge is 0.123 e. The van der Waals surface area contributed by atoms with Gasteiger partial charge < -0.3 is 5.32 Å². The molecule has 0 radical (unpaired) electrons. The van der Waals surface area contributed by atoms with E-state index in [0.717, 1.165) is 26.2 Å². The van der Waals surface area contributed by atoms with Gasteiger partial charge in [-0.05, 0) is 29.1 Å². The van der Waals surface area contributed by atoms with Crippen LogP contribution in [0.4, 0.5) is 4.39 Å². The molecule has 0 saturated carbocycles. The molecule has 2 nitrogen and oxygen atoms in total. The molecular formula is C15H17FN2S. The summed E-state index contributed by atoms with van der Waals surface area (Å²) in [7, 11) is 0. The van der Waals surface area contributed by atoms with Gasteiger partial charge in [0.15, 0.2) is 0 Å². The monoisotopic (exact) mass is 276 g/mol. The molecule has 0 amide bonds. The number of nitrogens with zero attached hydrogens (tertiary/aromatic N) is 1. The molecule has 1 atom stereocenters. The van der Waals surface area contributed by atoms with Crippen LogP contribution in [0.1, 0.15) is 16.5 Å². The number of piperazine rings is 1. The Labute approximate surface area is 116 Å².